The second-order valence-electron chi connectivity index (χ2n) is 6.05. The fourth-order valence-electron chi connectivity index (χ4n) is 2.56. The van der Waals surface area contributed by atoms with Crippen molar-refractivity contribution in [2.45, 2.75) is 18.7 Å². The van der Waals surface area contributed by atoms with Crippen LogP contribution in [0, 0.1) is 25.2 Å². The Hall–Kier alpha value is -3.15. The highest BCUT2D eigenvalue weighted by molar-refractivity contribution is 7.92. The zero-order chi connectivity index (χ0) is 20.3. The standard InChI is InChI=1S/C20H17N3O3S2/c1-13-14(2)27-20(18(13)12-21)22-19(24)15-7-6-8-16(11-15)23-28(25,26)17-9-4-3-5-10-17/h3-11,23H,1-2H3,(H,22,24). The molecule has 3 rings (SSSR count). The lowest BCUT2D eigenvalue weighted by atomic mass is 10.1. The predicted molar refractivity (Wildman–Crippen MR) is 110 cm³/mol. The molecule has 28 heavy (non-hydrogen) atoms. The largest absolute Gasteiger partial charge is 0.312 e. The number of thiophene rings is 1. The Bertz CT molecular complexity index is 1180. The molecule has 0 aliphatic heterocycles. The van der Waals surface area contributed by atoms with E-state index < -0.39 is 15.9 Å². The zero-order valence-corrected chi connectivity index (χ0v) is 16.8. The Labute approximate surface area is 167 Å². The van der Waals surface area contributed by atoms with Gasteiger partial charge in [-0.15, -0.1) is 11.3 Å². The number of aryl methyl sites for hydroxylation is 1. The summed E-state index contributed by atoms with van der Waals surface area (Å²) in [4.78, 5) is 13.7. The lowest BCUT2D eigenvalue weighted by Crippen LogP contribution is -2.15. The van der Waals surface area contributed by atoms with Crippen molar-refractivity contribution in [1.29, 1.82) is 5.26 Å². The van der Waals surface area contributed by atoms with Gasteiger partial charge in [-0.05, 0) is 49.7 Å². The highest BCUT2D eigenvalue weighted by atomic mass is 32.2. The molecule has 1 aromatic heterocycles. The summed E-state index contributed by atoms with van der Waals surface area (Å²) in [6, 6.07) is 16.3. The number of nitrogens with zero attached hydrogens (tertiary/aromatic N) is 1. The van der Waals surface area contributed by atoms with Crippen LogP contribution >= 0.6 is 11.3 Å². The SMILES string of the molecule is Cc1sc(NC(=O)c2cccc(NS(=O)(=O)c3ccccc3)c2)c(C#N)c1C. The Balaban J connectivity index is 1.83. The molecule has 0 unspecified atom stereocenters. The van der Waals surface area contributed by atoms with E-state index in [-0.39, 0.29) is 16.1 Å². The molecule has 0 atom stereocenters. The number of hydrogen-bond acceptors (Lipinski definition) is 5. The summed E-state index contributed by atoms with van der Waals surface area (Å²) in [5.74, 6) is -0.418. The van der Waals surface area contributed by atoms with Gasteiger partial charge in [0.05, 0.1) is 10.5 Å². The van der Waals surface area contributed by atoms with Gasteiger partial charge in [0.25, 0.3) is 15.9 Å². The third-order valence-electron chi connectivity index (χ3n) is 4.15. The molecule has 0 spiro atoms. The average Bonchev–Trinajstić information content (AvgIpc) is 2.95. The molecule has 0 saturated carbocycles. The van der Waals surface area contributed by atoms with Crippen LogP contribution in [0.1, 0.15) is 26.4 Å². The summed E-state index contributed by atoms with van der Waals surface area (Å²) in [7, 11) is -3.75. The molecule has 3 aromatic rings. The number of sulfonamides is 1. The zero-order valence-electron chi connectivity index (χ0n) is 15.2. The van der Waals surface area contributed by atoms with Crippen LogP contribution in [-0.2, 0) is 10.0 Å². The fourth-order valence-corrected chi connectivity index (χ4v) is 4.64. The van der Waals surface area contributed by atoms with E-state index in [9.17, 15) is 18.5 Å². The van der Waals surface area contributed by atoms with Crippen molar-refractivity contribution in [2.24, 2.45) is 0 Å². The molecule has 0 aliphatic carbocycles. The van der Waals surface area contributed by atoms with Crippen LogP contribution in [0.3, 0.4) is 0 Å². The number of nitrogens with one attached hydrogen (secondary N) is 2. The minimum absolute atomic E-state index is 0.132. The van der Waals surface area contributed by atoms with Crippen LogP contribution in [0.2, 0.25) is 0 Å². The molecule has 142 valence electrons. The molecule has 0 fully saturated rings. The van der Waals surface area contributed by atoms with Crippen LogP contribution in [0.4, 0.5) is 10.7 Å². The third kappa shape index (κ3) is 4.06. The number of nitriles is 1. The number of benzene rings is 2. The van der Waals surface area contributed by atoms with Crippen molar-refractivity contribution in [3.8, 4) is 6.07 Å². The summed E-state index contributed by atoms with van der Waals surface area (Å²) in [6.07, 6.45) is 0. The van der Waals surface area contributed by atoms with Gasteiger partial charge in [-0.3, -0.25) is 9.52 Å². The molecule has 6 nitrogen and oxygen atoms in total. The third-order valence-corrected chi connectivity index (χ3v) is 6.67. The van der Waals surface area contributed by atoms with Crippen LogP contribution in [0.5, 0.6) is 0 Å². The molecule has 2 aromatic carbocycles. The first kappa shape index (κ1) is 19.6. The monoisotopic (exact) mass is 411 g/mol. The predicted octanol–water partition coefficient (Wildman–Crippen LogP) is 4.29. The summed E-state index contributed by atoms with van der Waals surface area (Å²) >= 11 is 1.33. The summed E-state index contributed by atoms with van der Waals surface area (Å²) in [5.41, 5.74) is 1.83. The van der Waals surface area contributed by atoms with E-state index in [0.29, 0.717) is 10.6 Å². The van der Waals surface area contributed by atoms with Crippen molar-refractivity contribution in [1.82, 2.24) is 0 Å². The Morgan fingerprint density at radius 3 is 2.46 bits per heavy atom. The Morgan fingerprint density at radius 1 is 1.07 bits per heavy atom. The van der Waals surface area contributed by atoms with E-state index in [4.69, 9.17) is 0 Å². The van der Waals surface area contributed by atoms with Crippen molar-refractivity contribution in [3.63, 3.8) is 0 Å². The quantitative estimate of drug-likeness (QED) is 0.654. The molecule has 1 amide bonds. The number of rotatable bonds is 5. The maximum absolute atomic E-state index is 12.6. The van der Waals surface area contributed by atoms with E-state index in [0.717, 1.165) is 10.4 Å². The van der Waals surface area contributed by atoms with E-state index in [1.807, 2.05) is 13.8 Å². The van der Waals surface area contributed by atoms with Gasteiger partial charge in [-0.2, -0.15) is 5.26 Å². The number of carbonyl (C=O) groups excluding carboxylic acids is 1. The van der Waals surface area contributed by atoms with Crippen molar-refractivity contribution < 1.29 is 13.2 Å². The normalized spacial score (nSPS) is 10.9. The Kier molecular flexibility index (Phi) is 5.49. The van der Waals surface area contributed by atoms with Gasteiger partial charge in [-0.1, -0.05) is 24.3 Å². The van der Waals surface area contributed by atoms with E-state index >= 15 is 0 Å². The smallest absolute Gasteiger partial charge is 0.261 e. The maximum Gasteiger partial charge on any atom is 0.261 e. The maximum atomic E-state index is 12.6. The van der Waals surface area contributed by atoms with Gasteiger partial charge in [-0.25, -0.2) is 8.42 Å². The molecule has 0 radical (unpaired) electrons. The molecular formula is C20H17N3O3S2. The van der Waals surface area contributed by atoms with Gasteiger partial charge >= 0.3 is 0 Å². The van der Waals surface area contributed by atoms with Gasteiger partial charge in [0.15, 0.2) is 0 Å². The molecule has 0 aliphatic rings. The molecule has 1 heterocycles. The number of anilines is 2. The van der Waals surface area contributed by atoms with Crippen molar-refractivity contribution >= 4 is 38.0 Å². The van der Waals surface area contributed by atoms with Gasteiger partial charge in [0, 0.05) is 16.1 Å². The van der Waals surface area contributed by atoms with E-state index in [2.05, 4.69) is 16.1 Å². The van der Waals surface area contributed by atoms with Crippen LogP contribution in [0.15, 0.2) is 59.5 Å². The van der Waals surface area contributed by atoms with Crippen LogP contribution in [0.25, 0.3) is 0 Å². The molecule has 2 N–H and O–H groups in total. The lowest BCUT2D eigenvalue weighted by molar-refractivity contribution is 0.102. The second kappa shape index (κ2) is 7.84. The first-order chi connectivity index (χ1) is 13.3. The second-order valence-corrected chi connectivity index (χ2v) is 8.96. The highest BCUT2D eigenvalue weighted by Gasteiger charge is 2.17. The van der Waals surface area contributed by atoms with Crippen LogP contribution in [-0.4, -0.2) is 14.3 Å². The first-order valence-corrected chi connectivity index (χ1v) is 10.6. The van der Waals surface area contributed by atoms with E-state index in [1.165, 1.54) is 29.5 Å². The topological polar surface area (TPSA) is 99.1 Å². The van der Waals surface area contributed by atoms with Gasteiger partial charge in [0.1, 0.15) is 11.1 Å². The highest BCUT2D eigenvalue weighted by Crippen LogP contribution is 2.32. The summed E-state index contributed by atoms with van der Waals surface area (Å²) in [6.45, 7) is 3.72. The van der Waals surface area contributed by atoms with E-state index in [1.54, 1.807) is 36.4 Å². The fraction of sp³-hybridized carbons (Fsp3) is 0.100. The summed E-state index contributed by atoms with van der Waals surface area (Å²) in [5, 5.41) is 12.5. The summed E-state index contributed by atoms with van der Waals surface area (Å²) < 4.78 is 27.4. The molecule has 0 saturated heterocycles. The Morgan fingerprint density at radius 2 is 1.79 bits per heavy atom. The molecular weight excluding hydrogens is 394 g/mol. The molecule has 8 heteroatoms. The van der Waals surface area contributed by atoms with Gasteiger partial charge < -0.3 is 5.32 Å². The molecule has 0 bridgehead atoms. The lowest BCUT2D eigenvalue weighted by Gasteiger charge is -2.10. The van der Waals surface area contributed by atoms with Crippen molar-refractivity contribution in [2.75, 3.05) is 10.0 Å². The minimum atomic E-state index is -3.75. The first-order valence-electron chi connectivity index (χ1n) is 8.31. The minimum Gasteiger partial charge on any atom is -0.312 e. The van der Waals surface area contributed by atoms with Crippen molar-refractivity contribution in [3.05, 3.63) is 76.2 Å². The number of amides is 1. The average molecular weight is 412 g/mol. The number of hydrogen-bond donors (Lipinski definition) is 2. The van der Waals surface area contributed by atoms with Gasteiger partial charge in [0.2, 0.25) is 0 Å². The van der Waals surface area contributed by atoms with Crippen LogP contribution < -0.4 is 10.0 Å². The number of carbonyl (C=O) groups is 1.